The van der Waals surface area contributed by atoms with Crippen LogP contribution >= 0.6 is 0 Å². The first kappa shape index (κ1) is 16.8. The van der Waals surface area contributed by atoms with Crippen LogP contribution in [-0.4, -0.2) is 37.7 Å². The Labute approximate surface area is 132 Å². The molecule has 0 atom stereocenters. The van der Waals surface area contributed by atoms with Crippen LogP contribution in [-0.2, 0) is 9.53 Å². The minimum atomic E-state index is -0.337. The number of hydrogen-bond donors (Lipinski definition) is 3. The quantitative estimate of drug-likeness (QED) is 0.657. The van der Waals surface area contributed by atoms with Gasteiger partial charge in [-0.25, -0.2) is 9.59 Å². The van der Waals surface area contributed by atoms with Gasteiger partial charge in [0.1, 0.15) is 6.54 Å². The molecule has 2 rings (SSSR count). The van der Waals surface area contributed by atoms with Gasteiger partial charge in [-0.05, 0) is 32.6 Å². The van der Waals surface area contributed by atoms with Crippen LogP contribution in [0.15, 0.2) is 11.3 Å². The lowest BCUT2D eigenvalue weighted by atomic mass is 9.96. The molecule has 0 unspecified atom stereocenters. The van der Waals surface area contributed by atoms with Crippen LogP contribution in [0.25, 0.3) is 0 Å². The van der Waals surface area contributed by atoms with Gasteiger partial charge in [-0.2, -0.15) is 0 Å². The lowest BCUT2D eigenvalue weighted by Crippen LogP contribution is -2.91. The van der Waals surface area contributed by atoms with Gasteiger partial charge < -0.3 is 20.7 Å². The number of rotatable bonds is 5. The number of carbonyl (C=O) groups excluding carboxylic acids is 2. The summed E-state index contributed by atoms with van der Waals surface area (Å²) in [5.74, 6) is -0.337. The molecule has 4 N–H and O–H groups in total. The number of amides is 2. The Balaban J connectivity index is 1.96. The smallest absolute Gasteiger partial charge is 0.337 e. The predicted molar refractivity (Wildman–Crippen MR) is 83.1 cm³/mol. The van der Waals surface area contributed by atoms with Crippen LogP contribution in [0.3, 0.4) is 0 Å². The first-order chi connectivity index (χ1) is 10.7. The first-order valence-electron chi connectivity index (χ1n) is 8.48. The van der Waals surface area contributed by atoms with Crippen molar-refractivity contribution in [2.75, 3.05) is 19.7 Å². The number of urea groups is 1. The molecule has 0 aromatic rings. The number of carbonyl (C=O) groups is 2. The molecule has 0 radical (unpaired) electrons. The van der Waals surface area contributed by atoms with Crippen LogP contribution in [0, 0.1) is 0 Å². The highest BCUT2D eigenvalue weighted by Gasteiger charge is 2.25. The van der Waals surface area contributed by atoms with Gasteiger partial charge >= 0.3 is 12.0 Å². The number of ether oxygens (including phenoxy) is 1. The second-order valence-electron chi connectivity index (χ2n) is 6.03. The predicted octanol–water partition coefficient (Wildman–Crippen LogP) is 0.793. The monoisotopic (exact) mass is 310 g/mol. The zero-order valence-corrected chi connectivity index (χ0v) is 13.5. The van der Waals surface area contributed by atoms with Crippen molar-refractivity contribution < 1.29 is 19.6 Å². The Hall–Kier alpha value is -1.56. The van der Waals surface area contributed by atoms with Gasteiger partial charge in [0, 0.05) is 0 Å². The van der Waals surface area contributed by atoms with Crippen LogP contribution in [0.1, 0.15) is 51.9 Å². The molecule has 2 aliphatic rings. The molecule has 2 amide bonds. The fourth-order valence-electron chi connectivity index (χ4n) is 3.13. The average molecular weight is 310 g/mol. The van der Waals surface area contributed by atoms with E-state index >= 15 is 0 Å². The van der Waals surface area contributed by atoms with E-state index in [-0.39, 0.29) is 18.5 Å². The van der Waals surface area contributed by atoms with Crippen LogP contribution in [0.4, 0.5) is 4.79 Å². The summed E-state index contributed by atoms with van der Waals surface area (Å²) in [5, 5.41) is 7.68. The second kappa shape index (κ2) is 8.78. The Kier molecular flexibility index (Phi) is 6.71. The van der Waals surface area contributed by atoms with Crippen LogP contribution in [0.2, 0.25) is 0 Å². The summed E-state index contributed by atoms with van der Waals surface area (Å²) in [6.45, 7) is 3.01. The summed E-state index contributed by atoms with van der Waals surface area (Å²) in [4.78, 5) is 23.5. The molecule has 0 aromatic carbocycles. The third kappa shape index (κ3) is 5.02. The first-order valence-corrected chi connectivity index (χ1v) is 8.48. The molecule has 1 fully saturated rings. The maximum Gasteiger partial charge on any atom is 0.337 e. The van der Waals surface area contributed by atoms with E-state index in [2.05, 4.69) is 16.0 Å². The minimum Gasteiger partial charge on any atom is -0.463 e. The Morgan fingerprint density at radius 3 is 2.59 bits per heavy atom. The molecule has 1 saturated carbocycles. The Morgan fingerprint density at radius 2 is 1.91 bits per heavy atom. The highest BCUT2D eigenvalue weighted by molar-refractivity contribution is 5.93. The van der Waals surface area contributed by atoms with Crippen molar-refractivity contribution in [2.45, 2.75) is 57.9 Å². The van der Waals surface area contributed by atoms with Crippen molar-refractivity contribution in [1.29, 1.82) is 0 Å². The lowest BCUT2D eigenvalue weighted by molar-refractivity contribution is -0.684. The standard InChI is InChI=1S/C16H27N3O3/c1-2-22-15(20)13-10-18-16(21)19-14(13)11-17-12-8-6-4-3-5-7-9-12/h12,17H,2-11H2,1H3,(H2,18,19,21)/p+1. The van der Waals surface area contributed by atoms with E-state index in [4.69, 9.17) is 4.74 Å². The largest absolute Gasteiger partial charge is 0.463 e. The van der Waals surface area contributed by atoms with Crippen molar-refractivity contribution >= 4 is 12.0 Å². The normalized spacial score (nSPS) is 20.7. The van der Waals surface area contributed by atoms with Gasteiger partial charge in [0.15, 0.2) is 0 Å². The molecule has 0 bridgehead atoms. The van der Waals surface area contributed by atoms with E-state index in [0.717, 1.165) is 0 Å². The minimum absolute atomic E-state index is 0.242. The fourth-order valence-corrected chi connectivity index (χ4v) is 3.13. The van der Waals surface area contributed by atoms with Crippen LogP contribution < -0.4 is 16.0 Å². The molecule has 0 aromatic heterocycles. The summed E-state index contributed by atoms with van der Waals surface area (Å²) in [7, 11) is 0. The lowest BCUT2D eigenvalue weighted by Gasteiger charge is -2.23. The molecular weight excluding hydrogens is 282 g/mol. The summed E-state index contributed by atoms with van der Waals surface area (Å²) >= 11 is 0. The van der Waals surface area contributed by atoms with Crippen molar-refractivity contribution in [3.8, 4) is 0 Å². The zero-order valence-electron chi connectivity index (χ0n) is 13.5. The van der Waals surface area contributed by atoms with E-state index in [1.165, 1.54) is 44.9 Å². The molecule has 0 spiro atoms. The van der Waals surface area contributed by atoms with Crippen molar-refractivity contribution in [1.82, 2.24) is 10.6 Å². The third-order valence-electron chi connectivity index (χ3n) is 4.38. The van der Waals surface area contributed by atoms with E-state index in [1.807, 2.05) is 0 Å². The molecule has 0 saturated heterocycles. The zero-order chi connectivity index (χ0) is 15.8. The van der Waals surface area contributed by atoms with E-state index in [1.54, 1.807) is 6.92 Å². The van der Waals surface area contributed by atoms with Crippen molar-refractivity contribution in [3.63, 3.8) is 0 Å². The highest BCUT2D eigenvalue weighted by atomic mass is 16.5. The molecule has 1 aliphatic heterocycles. The summed E-state index contributed by atoms with van der Waals surface area (Å²) in [6, 6.07) is 0.345. The van der Waals surface area contributed by atoms with E-state index < -0.39 is 0 Å². The number of hydrogen-bond acceptors (Lipinski definition) is 3. The molecule has 6 nitrogen and oxygen atoms in total. The third-order valence-corrected chi connectivity index (χ3v) is 4.38. The summed E-state index contributed by atoms with van der Waals surface area (Å²) in [5.41, 5.74) is 1.24. The van der Waals surface area contributed by atoms with Crippen LogP contribution in [0.5, 0.6) is 0 Å². The van der Waals surface area contributed by atoms with Crippen molar-refractivity contribution in [2.24, 2.45) is 0 Å². The molecule has 1 heterocycles. The molecule has 1 aliphatic carbocycles. The van der Waals surface area contributed by atoms with Gasteiger partial charge in [0.25, 0.3) is 0 Å². The van der Waals surface area contributed by atoms with Gasteiger partial charge in [0.2, 0.25) is 0 Å². The topological polar surface area (TPSA) is 84.0 Å². The average Bonchev–Trinajstić information content (AvgIpc) is 2.46. The Morgan fingerprint density at radius 1 is 1.23 bits per heavy atom. The van der Waals surface area contributed by atoms with E-state index in [0.29, 0.717) is 30.5 Å². The summed E-state index contributed by atoms with van der Waals surface area (Å²) < 4.78 is 5.07. The van der Waals surface area contributed by atoms with Crippen molar-refractivity contribution in [3.05, 3.63) is 11.3 Å². The van der Waals surface area contributed by atoms with E-state index in [9.17, 15) is 9.59 Å². The van der Waals surface area contributed by atoms with Gasteiger partial charge in [-0.15, -0.1) is 0 Å². The van der Waals surface area contributed by atoms with Gasteiger partial charge in [-0.1, -0.05) is 19.3 Å². The van der Waals surface area contributed by atoms with Gasteiger partial charge in [0.05, 0.1) is 30.5 Å². The molecular formula is C16H28N3O3+. The maximum atomic E-state index is 12.0. The number of esters is 1. The fraction of sp³-hybridized carbons (Fsp3) is 0.750. The number of nitrogens with one attached hydrogen (secondary N) is 2. The Bertz CT molecular complexity index is 426. The maximum absolute atomic E-state index is 12.0. The SMILES string of the molecule is CCOC(=O)C1=C(C[NH2+]C2CCCCCCC2)NC(=O)NC1. The molecule has 22 heavy (non-hydrogen) atoms. The van der Waals surface area contributed by atoms with Gasteiger partial charge in [-0.3, -0.25) is 0 Å². The highest BCUT2D eigenvalue weighted by Crippen LogP contribution is 2.15. The number of quaternary nitrogens is 1. The summed E-state index contributed by atoms with van der Waals surface area (Å²) in [6.07, 6.45) is 8.98. The second-order valence-corrected chi connectivity index (χ2v) is 6.03. The molecule has 124 valence electrons. The molecule has 6 heteroatoms. The number of nitrogens with two attached hydrogens (primary N) is 1.